The van der Waals surface area contributed by atoms with Gasteiger partial charge >= 0.3 is 0 Å². The topological polar surface area (TPSA) is 23.8 Å². The van der Waals surface area contributed by atoms with Crippen LogP contribution >= 0.6 is 0 Å². The minimum absolute atomic E-state index is 0.692. The third-order valence-corrected chi connectivity index (χ3v) is 2.96. The fourth-order valence-corrected chi connectivity index (χ4v) is 1.94. The Balaban J connectivity index is 2.68. The molecule has 2 aromatic carbocycles. The third-order valence-electron chi connectivity index (χ3n) is 2.96. The molecule has 1 N–H and O–H groups in total. The molecular weight excluding hydrogens is 182 g/mol. The Bertz CT molecular complexity index is 486. The van der Waals surface area contributed by atoms with Crippen LogP contribution in [0.4, 0.5) is 5.69 Å². The normalized spacial score (nSPS) is 10.8. The highest BCUT2D eigenvalue weighted by Gasteiger charge is 2.03. The second-order valence-corrected chi connectivity index (χ2v) is 3.86. The van der Waals surface area contributed by atoms with Gasteiger partial charge in [-0.05, 0) is 29.4 Å². The van der Waals surface area contributed by atoms with Gasteiger partial charge in [-0.1, -0.05) is 44.2 Å². The van der Waals surface area contributed by atoms with Gasteiger partial charge in [0.05, 0.1) is 5.69 Å². The lowest BCUT2D eigenvalue weighted by molar-refractivity contribution is 1.13. The molecule has 0 amide bonds. The average molecular weight is 198 g/mol. The minimum Gasteiger partial charge on any atom is -0.300 e. The third kappa shape index (κ3) is 1.70. The largest absolute Gasteiger partial charge is 0.300 e. The Morgan fingerprint density at radius 3 is 2.47 bits per heavy atom. The highest BCUT2D eigenvalue weighted by molar-refractivity contribution is 5.93. The van der Waals surface area contributed by atoms with Crippen molar-refractivity contribution in [2.24, 2.45) is 0 Å². The Hall–Kier alpha value is -1.50. The zero-order chi connectivity index (χ0) is 10.8. The highest BCUT2D eigenvalue weighted by atomic mass is 14.6. The number of nitrogens with one attached hydrogen (secondary N) is 1. The molecule has 0 saturated carbocycles. The molecule has 1 radical (unpaired) electrons. The Morgan fingerprint density at radius 1 is 1.00 bits per heavy atom. The van der Waals surface area contributed by atoms with Crippen LogP contribution in [0, 0.1) is 0 Å². The molecule has 0 heterocycles. The van der Waals surface area contributed by atoms with E-state index in [4.69, 9.17) is 5.73 Å². The van der Waals surface area contributed by atoms with E-state index in [1.807, 2.05) is 0 Å². The molecule has 0 aliphatic rings. The Kier molecular flexibility index (Phi) is 2.63. The predicted octanol–water partition coefficient (Wildman–Crippen LogP) is 3.88. The van der Waals surface area contributed by atoms with Crippen LogP contribution < -0.4 is 5.73 Å². The van der Waals surface area contributed by atoms with Crippen molar-refractivity contribution in [3.63, 3.8) is 0 Å². The summed E-state index contributed by atoms with van der Waals surface area (Å²) in [6.45, 7) is 4.25. The molecule has 1 nitrogen and oxygen atoms in total. The van der Waals surface area contributed by atoms with E-state index in [2.05, 4.69) is 44.2 Å². The van der Waals surface area contributed by atoms with Crippen molar-refractivity contribution < 1.29 is 0 Å². The number of hydrogen-bond donors (Lipinski definition) is 0. The van der Waals surface area contributed by atoms with Gasteiger partial charge in [-0.2, -0.15) is 0 Å². The van der Waals surface area contributed by atoms with Crippen molar-refractivity contribution in [3.8, 4) is 0 Å². The fourth-order valence-electron chi connectivity index (χ4n) is 1.94. The monoisotopic (exact) mass is 198 g/mol. The van der Waals surface area contributed by atoms with Gasteiger partial charge in [0.1, 0.15) is 0 Å². The maximum atomic E-state index is 8.07. The van der Waals surface area contributed by atoms with Crippen LogP contribution in [0.1, 0.15) is 25.0 Å². The smallest absolute Gasteiger partial charge is 0.0650 e. The van der Waals surface area contributed by atoms with Gasteiger partial charge in [-0.3, -0.25) is 5.73 Å². The lowest BCUT2D eigenvalue weighted by Crippen LogP contribution is -1.87. The molecule has 0 spiro atoms. The molecule has 0 saturated heterocycles. The van der Waals surface area contributed by atoms with E-state index in [0.29, 0.717) is 5.69 Å². The van der Waals surface area contributed by atoms with Crippen molar-refractivity contribution >= 4 is 16.5 Å². The first-order valence-electron chi connectivity index (χ1n) is 5.52. The summed E-state index contributed by atoms with van der Waals surface area (Å²) in [5, 5.41) is 2.27. The van der Waals surface area contributed by atoms with Gasteiger partial charge < -0.3 is 0 Å². The van der Waals surface area contributed by atoms with Crippen LogP contribution in [-0.4, -0.2) is 0 Å². The maximum Gasteiger partial charge on any atom is 0.0650 e. The lowest BCUT2D eigenvalue weighted by Gasteiger charge is -2.07. The number of fused-ring (bicyclic) bond motifs is 1. The molecule has 77 valence electrons. The minimum atomic E-state index is 0.692. The molecule has 0 aliphatic heterocycles. The second kappa shape index (κ2) is 3.93. The number of rotatable bonds is 2. The van der Waals surface area contributed by atoms with Gasteiger partial charge in [0.15, 0.2) is 0 Å². The zero-order valence-corrected chi connectivity index (χ0v) is 9.30. The van der Waals surface area contributed by atoms with Crippen molar-refractivity contribution in [2.45, 2.75) is 26.7 Å². The summed E-state index contributed by atoms with van der Waals surface area (Å²) in [6, 6.07) is 10.6. The SMILES string of the molecule is CCc1ccc2c([NH])c(CC)ccc2c1. The molecular formula is C14H16N. The van der Waals surface area contributed by atoms with Crippen molar-refractivity contribution in [3.05, 3.63) is 41.5 Å². The summed E-state index contributed by atoms with van der Waals surface area (Å²) in [5.74, 6) is 0. The van der Waals surface area contributed by atoms with E-state index in [1.54, 1.807) is 0 Å². The van der Waals surface area contributed by atoms with E-state index < -0.39 is 0 Å². The Morgan fingerprint density at radius 2 is 1.80 bits per heavy atom. The van der Waals surface area contributed by atoms with E-state index >= 15 is 0 Å². The van der Waals surface area contributed by atoms with Crippen molar-refractivity contribution in [2.75, 3.05) is 0 Å². The highest BCUT2D eigenvalue weighted by Crippen LogP contribution is 2.27. The summed E-state index contributed by atoms with van der Waals surface area (Å²) in [6.07, 6.45) is 1.99. The van der Waals surface area contributed by atoms with Gasteiger partial charge in [0.2, 0.25) is 0 Å². The van der Waals surface area contributed by atoms with Crippen LogP contribution in [0.5, 0.6) is 0 Å². The van der Waals surface area contributed by atoms with E-state index in [0.717, 1.165) is 23.8 Å². The molecule has 0 atom stereocenters. The van der Waals surface area contributed by atoms with Crippen LogP contribution in [0.25, 0.3) is 10.8 Å². The van der Waals surface area contributed by atoms with Crippen molar-refractivity contribution in [1.29, 1.82) is 0 Å². The maximum absolute atomic E-state index is 8.07. The van der Waals surface area contributed by atoms with Crippen molar-refractivity contribution in [1.82, 2.24) is 5.73 Å². The lowest BCUT2D eigenvalue weighted by atomic mass is 10.00. The van der Waals surface area contributed by atoms with Gasteiger partial charge in [0.25, 0.3) is 0 Å². The molecule has 1 heteroatoms. The molecule has 2 rings (SSSR count). The summed E-state index contributed by atoms with van der Waals surface area (Å²) < 4.78 is 0. The van der Waals surface area contributed by atoms with E-state index in [1.165, 1.54) is 10.9 Å². The summed E-state index contributed by atoms with van der Waals surface area (Å²) in [7, 11) is 0. The quantitative estimate of drug-likeness (QED) is 0.699. The molecule has 0 aromatic heterocycles. The summed E-state index contributed by atoms with van der Waals surface area (Å²) in [4.78, 5) is 0. The summed E-state index contributed by atoms with van der Waals surface area (Å²) >= 11 is 0. The molecule has 0 unspecified atom stereocenters. The molecule has 0 fully saturated rings. The predicted molar refractivity (Wildman–Crippen MR) is 65.5 cm³/mol. The molecule has 0 aliphatic carbocycles. The average Bonchev–Trinajstić information content (AvgIpc) is 2.29. The number of aryl methyl sites for hydroxylation is 2. The van der Waals surface area contributed by atoms with E-state index in [-0.39, 0.29) is 0 Å². The van der Waals surface area contributed by atoms with E-state index in [9.17, 15) is 0 Å². The molecule has 0 bridgehead atoms. The van der Waals surface area contributed by atoms with Crippen LogP contribution in [-0.2, 0) is 12.8 Å². The first-order chi connectivity index (χ1) is 7.26. The van der Waals surface area contributed by atoms with Gasteiger partial charge in [-0.15, -0.1) is 0 Å². The zero-order valence-electron chi connectivity index (χ0n) is 9.30. The molecule has 15 heavy (non-hydrogen) atoms. The van der Waals surface area contributed by atoms with Gasteiger partial charge in [0, 0.05) is 5.39 Å². The summed E-state index contributed by atoms with van der Waals surface area (Å²) in [5.41, 5.74) is 11.2. The number of benzene rings is 2. The second-order valence-electron chi connectivity index (χ2n) is 3.86. The van der Waals surface area contributed by atoms with Crippen LogP contribution in [0.3, 0.4) is 0 Å². The number of hydrogen-bond acceptors (Lipinski definition) is 0. The van der Waals surface area contributed by atoms with Crippen LogP contribution in [0.15, 0.2) is 30.3 Å². The standard InChI is InChI=1S/C14H16N/c1-3-10-5-8-13-12(9-10)7-6-11(4-2)14(13)15/h5-9,15H,3-4H2,1-2H3. The van der Waals surface area contributed by atoms with Crippen LogP contribution in [0.2, 0.25) is 0 Å². The fraction of sp³-hybridized carbons (Fsp3) is 0.286. The van der Waals surface area contributed by atoms with Gasteiger partial charge in [-0.25, -0.2) is 0 Å². The Labute approximate surface area is 90.9 Å². The molecule has 2 aromatic rings. The first-order valence-corrected chi connectivity index (χ1v) is 5.52. The first kappa shape index (κ1) is 10.0.